The SMILES string of the molecule is CCn1cc(C(C)N2C(=O)c3ccc(-n4cnc(C)c4)c(=O)n3C[C@H]2C)c2cc(Cl)c(F)cc21. The monoisotopic (exact) mass is 481 g/mol. The number of imidazole rings is 1. The summed E-state index contributed by atoms with van der Waals surface area (Å²) in [4.78, 5) is 32.9. The van der Waals surface area contributed by atoms with Gasteiger partial charge >= 0.3 is 0 Å². The third-order valence-corrected chi connectivity index (χ3v) is 6.97. The van der Waals surface area contributed by atoms with Crippen LogP contribution in [0.2, 0.25) is 5.02 Å². The van der Waals surface area contributed by atoms with Gasteiger partial charge in [-0.15, -0.1) is 0 Å². The molecule has 7 nitrogen and oxygen atoms in total. The Morgan fingerprint density at radius 2 is 2.00 bits per heavy atom. The van der Waals surface area contributed by atoms with Gasteiger partial charge in [0.2, 0.25) is 0 Å². The first-order valence-corrected chi connectivity index (χ1v) is 11.6. The molecule has 0 aliphatic carbocycles. The zero-order valence-electron chi connectivity index (χ0n) is 19.4. The maximum atomic E-state index is 14.2. The largest absolute Gasteiger partial charge is 0.347 e. The molecular formula is C25H25ClFN5O2. The highest BCUT2D eigenvalue weighted by Gasteiger charge is 2.35. The van der Waals surface area contributed by atoms with Crippen molar-refractivity contribution in [1.29, 1.82) is 0 Å². The highest BCUT2D eigenvalue weighted by Crippen LogP contribution is 2.35. The molecule has 176 valence electrons. The molecule has 4 heterocycles. The molecule has 1 unspecified atom stereocenters. The van der Waals surface area contributed by atoms with Crippen molar-refractivity contribution in [3.8, 4) is 5.69 Å². The number of carbonyl (C=O) groups is 1. The molecule has 2 atom stereocenters. The van der Waals surface area contributed by atoms with Gasteiger partial charge in [0.15, 0.2) is 0 Å². The molecule has 1 aliphatic heterocycles. The van der Waals surface area contributed by atoms with E-state index >= 15 is 0 Å². The van der Waals surface area contributed by atoms with Gasteiger partial charge in [0.05, 0.1) is 28.6 Å². The van der Waals surface area contributed by atoms with E-state index in [0.717, 1.165) is 22.2 Å². The van der Waals surface area contributed by atoms with E-state index in [2.05, 4.69) is 4.98 Å². The van der Waals surface area contributed by atoms with Crippen LogP contribution in [0.1, 0.15) is 48.6 Å². The number of amides is 1. The number of fused-ring (bicyclic) bond motifs is 2. The molecule has 4 aromatic rings. The van der Waals surface area contributed by atoms with Crippen molar-refractivity contribution < 1.29 is 9.18 Å². The third-order valence-electron chi connectivity index (χ3n) is 6.68. The number of nitrogens with zero attached hydrogens (tertiary/aromatic N) is 5. The predicted molar refractivity (Wildman–Crippen MR) is 129 cm³/mol. The Labute approximate surface area is 201 Å². The van der Waals surface area contributed by atoms with Crippen LogP contribution in [0.5, 0.6) is 0 Å². The number of hydrogen-bond acceptors (Lipinski definition) is 3. The molecular weight excluding hydrogens is 457 g/mol. The van der Waals surface area contributed by atoms with E-state index in [1.165, 1.54) is 6.07 Å². The van der Waals surface area contributed by atoms with Crippen LogP contribution in [0.3, 0.4) is 0 Å². The minimum atomic E-state index is -0.472. The van der Waals surface area contributed by atoms with E-state index < -0.39 is 5.82 Å². The molecule has 9 heteroatoms. The van der Waals surface area contributed by atoms with Crippen LogP contribution in [-0.2, 0) is 13.1 Å². The van der Waals surface area contributed by atoms with E-state index in [0.29, 0.717) is 24.5 Å². The van der Waals surface area contributed by atoms with Gasteiger partial charge in [-0.05, 0) is 57.5 Å². The summed E-state index contributed by atoms with van der Waals surface area (Å²) >= 11 is 6.10. The number of benzene rings is 1. The van der Waals surface area contributed by atoms with Crippen LogP contribution < -0.4 is 5.56 Å². The van der Waals surface area contributed by atoms with Crippen molar-refractivity contribution in [3.05, 3.63) is 81.1 Å². The molecule has 3 aromatic heterocycles. The van der Waals surface area contributed by atoms with Crippen LogP contribution >= 0.6 is 11.6 Å². The normalized spacial score (nSPS) is 16.8. The lowest BCUT2D eigenvalue weighted by Gasteiger charge is -2.39. The Morgan fingerprint density at radius 3 is 2.68 bits per heavy atom. The Morgan fingerprint density at radius 1 is 1.24 bits per heavy atom. The fourth-order valence-corrected chi connectivity index (χ4v) is 5.15. The zero-order chi connectivity index (χ0) is 24.3. The summed E-state index contributed by atoms with van der Waals surface area (Å²) < 4.78 is 19.3. The number of rotatable bonds is 4. The molecule has 0 saturated heterocycles. The van der Waals surface area contributed by atoms with Gasteiger partial charge in [0.25, 0.3) is 11.5 Å². The molecule has 0 spiro atoms. The van der Waals surface area contributed by atoms with Crippen molar-refractivity contribution in [1.82, 2.24) is 23.6 Å². The second-order valence-corrected chi connectivity index (χ2v) is 9.24. The summed E-state index contributed by atoms with van der Waals surface area (Å²) in [6.07, 6.45) is 5.33. The van der Waals surface area contributed by atoms with Crippen molar-refractivity contribution >= 4 is 28.4 Å². The lowest BCUT2D eigenvalue weighted by atomic mass is 10.0. The van der Waals surface area contributed by atoms with Gasteiger partial charge in [0.1, 0.15) is 17.2 Å². The van der Waals surface area contributed by atoms with Crippen molar-refractivity contribution in [3.63, 3.8) is 0 Å². The quantitative estimate of drug-likeness (QED) is 0.424. The molecule has 0 saturated carbocycles. The van der Waals surface area contributed by atoms with E-state index in [9.17, 15) is 14.0 Å². The third kappa shape index (κ3) is 3.36. The first-order chi connectivity index (χ1) is 16.2. The van der Waals surface area contributed by atoms with E-state index in [1.54, 1.807) is 44.8 Å². The van der Waals surface area contributed by atoms with Crippen molar-refractivity contribution in [2.75, 3.05) is 0 Å². The first-order valence-electron chi connectivity index (χ1n) is 11.3. The minimum Gasteiger partial charge on any atom is -0.347 e. The molecule has 5 rings (SSSR count). The average Bonchev–Trinajstić information content (AvgIpc) is 3.38. The maximum Gasteiger partial charge on any atom is 0.275 e. The fourth-order valence-electron chi connectivity index (χ4n) is 4.98. The van der Waals surface area contributed by atoms with Crippen LogP contribution in [0.25, 0.3) is 16.6 Å². The predicted octanol–water partition coefficient (Wildman–Crippen LogP) is 4.72. The molecule has 34 heavy (non-hydrogen) atoms. The number of aromatic nitrogens is 4. The van der Waals surface area contributed by atoms with Crippen molar-refractivity contribution in [2.45, 2.75) is 52.9 Å². The smallest absolute Gasteiger partial charge is 0.275 e. The van der Waals surface area contributed by atoms with E-state index in [1.807, 2.05) is 38.5 Å². The molecule has 0 N–H and O–H groups in total. The standard InChI is InChI=1S/C25H25ClFN5O2/c1-5-29-12-18(17-8-19(26)20(27)9-23(17)29)16(4)32-15(3)11-31-22(25(32)34)7-6-21(24(31)33)30-10-14(2)28-13-30/h6-10,12-13,15-16H,5,11H2,1-4H3/t15-,16?/m1/s1. The van der Waals surface area contributed by atoms with Gasteiger partial charge in [-0.1, -0.05) is 11.6 Å². The Bertz CT molecular complexity index is 1500. The van der Waals surface area contributed by atoms with Crippen LogP contribution in [0, 0.1) is 12.7 Å². The van der Waals surface area contributed by atoms with Gasteiger partial charge in [0, 0.05) is 36.9 Å². The van der Waals surface area contributed by atoms with Gasteiger partial charge in [-0.2, -0.15) is 0 Å². The van der Waals surface area contributed by atoms with Gasteiger partial charge in [-0.25, -0.2) is 9.37 Å². The van der Waals surface area contributed by atoms with Crippen LogP contribution in [-0.4, -0.2) is 35.5 Å². The second-order valence-electron chi connectivity index (χ2n) is 8.83. The van der Waals surface area contributed by atoms with Crippen LogP contribution in [0.15, 0.2) is 47.8 Å². The number of hydrogen-bond donors (Lipinski definition) is 0. The Hall–Kier alpha value is -3.39. The summed E-state index contributed by atoms with van der Waals surface area (Å²) in [5.41, 5.74) is 3.00. The van der Waals surface area contributed by atoms with E-state index in [4.69, 9.17) is 11.6 Å². The molecule has 1 aromatic carbocycles. The van der Waals surface area contributed by atoms with E-state index in [-0.39, 0.29) is 28.6 Å². The minimum absolute atomic E-state index is 0.0481. The van der Waals surface area contributed by atoms with Crippen molar-refractivity contribution in [2.24, 2.45) is 0 Å². The van der Waals surface area contributed by atoms with Crippen LogP contribution in [0.4, 0.5) is 4.39 Å². The Kier molecular flexibility index (Phi) is 5.36. The number of pyridine rings is 1. The van der Waals surface area contributed by atoms with Gasteiger partial charge in [-0.3, -0.25) is 9.59 Å². The average molecular weight is 482 g/mol. The summed E-state index contributed by atoms with van der Waals surface area (Å²) in [6.45, 7) is 8.75. The number of carbonyl (C=O) groups excluding carboxylic acids is 1. The summed E-state index contributed by atoms with van der Waals surface area (Å²) in [6, 6.07) is 5.88. The topological polar surface area (TPSA) is 65.1 Å². The lowest BCUT2D eigenvalue weighted by molar-refractivity contribution is 0.0512. The molecule has 0 radical (unpaired) electrons. The lowest BCUT2D eigenvalue weighted by Crippen LogP contribution is -2.50. The molecule has 0 fully saturated rings. The summed E-state index contributed by atoms with van der Waals surface area (Å²) in [5, 5.41) is 0.863. The highest BCUT2D eigenvalue weighted by molar-refractivity contribution is 6.31. The zero-order valence-corrected chi connectivity index (χ0v) is 20.2. The summed E-state index contributed by atoms with van der Waals surface area (Å²) in [5.74, 6) is -0.692. The summed E-state index contributed by atoms with van der Waals surface area (Å²) in [7, 11) is 0. The fraction of sp³-hybridized carbons (Fsp3) is 0.320. The Balaban J connectivity index is 1.57. The second kappa shape index (κ2) is 8.13. The molecule has 1 amide bonds. The maximum absolute atomic E-state index is 14.2. The highest BCUT2D eigenvalue weighted by atomic mass is 35.5. The van der Waals surface area contributed by atoms with Gasteiger partial charge < -0.3 is 18.6 Å². The molecule has 0 bridgehead atoms. The molecule has 1 aliphatic rings. The number of halogens is 2. The number of aryl methyl sites for hydroxylation is 2. The first kappa shape index (κ1) is 22.4.